The Hall–Kier alpha value is -2.40. The van der Waals surface area contributed by atoms with Crippen molar-refractivity contribution in [3.05, 3.63) is 71.0 Å². The van der Waals surface area contributed by atoms with Crippen LogP contribution < -0.4 is 10.6 Å². The molecule has 0 aliphatic heterocycles. The number of ether oxygens (including phenoxy) is 1. The van der Waals surface area contributed by atoms with Gasteiger partial charge in [0.2, 0.25) is 0 Å². The maximum atomic E-state index is 13.6. The van der Waals surface area contributed by atoms with Crippen molar-refractivity contribution in [2.24, 2.45) is 4.99 Å². The van der Waals surface area contributed by atoms with Gasteiger partial charge in [0.15, 0.2) is 5.96 Å². The minimum atomic E-state index is -0.174. The van der Waals surface area contributed by atoms with Gasteiger partial charge >= 0.3 is 0 Å². The Morgan fingerprint density at radius 3 is 2.56 bits per heavy atom. The lowest BCUT2D eigenvalue weighted by molar-refractivity contribution is 0.133. The topological polar surface area (TPSA) is 45.6 Å². The molecular weight excluding hydrogens is 341 g/mol. The SMILES string of the molecule is CCOCc1ccccc1CNC(=NC)NCC1(c2cccc(F)c2)CC1. The van der Waals surface area contributed by atoms with E-state index >= 15 is 0 Å². The Labute approximate surface area is 160 Å². The van der Waals surface area contributed by atoms with Crippen molar-refractivity contribution in [3.8, 4) is 0 Å². The van der Waals surface area contributed by atoms with Crippen LogP contribution in [-0.2, 0) is 23.3 Å². The van der Waals surface area contributed by atoms with Crippen molar-refractivity contribution >= 4 is 5.96 Å². The smallest absolute Gasteiger partial charge is 0.191 e. The van der Waals surface area contributed by atoms with Crippen LogP contribution in [0.15, 0.2) is 53.5 Å². The molecule has 2 N–H and O–H groups in total. The second-order valence-electron chi connectivity index (χ2n) is 6.98. The standard InChI is InChI=1S/C22H28FN3O/c1-3-27-15-18-8-5-4-7-17(18)14-25-21(24-2)26-16-22(11-12-22)19-9-6-10-20(23)13-19/h4-10,13H,3,11-12,14-16H2,1-2H3,(H2,24,25,26). The summed E-state index contributed by atoms with van der Waals surface area (Å²) in [5, 5.41) is 6.78. The van der Waals surface area contributed by atoms with E-state index in [9.17, 15) is 4.39 Å². The average molecular weight is 369 g/mol. The van der Waals surface area contributed by atoms with Gasteiger partial charge in [0.25, 0.3) is 0 Å². The molecule has 27 heavy (non-hydrogen) atoms. The van der Waals surface area contributed by atoms with E-state index in [0.29, 0.717) is 19.8 Å². The zero-order chi connectivity index (χ0) is 19.1. The summed E-state index contributed by atoms with van der Waals surface area (Å²) >= 11 is 0. The highest BCUT2D eigenvalue weighted by Gasteiger charge is 2.44. The predicted octanol–water partition coefficient (Wildman–Crippen LogP) is 3.76. The fourth-order valence-corrected chi connectivity index (χ4v) is 3.27. The molecule has 0 aromatic heterocycles. The second-order valence-corrected chi connectivity index (χ2v) is 6.98. The molecule has 0 spiro atoms. The third-order valence-electron chi connectivity index (χ3n) is 5.13. The molecule has 0 radical (unpaired) electrons. The van der Waals surface area contributed by atoms with E-state index in [1.54, 1.807) is 19.2 Å². The summed E-state index contributed by atoms with van der Waals surface area (Å²) in [6.45, 7) is 4.74. The Balaban J connectivity index is 1.56. The lowest BCUT2D eigenvalue weighted by Crippen LogP contribution is -2.41. The highest BCUT2D eigenvalue weighted by atomic mass is 19.1. The van der Waals surface area contributed by atoms with Crippen molar-refractivity contribution in [2.45, 2.75) is 38.3 Å². The number of halogens is 1. The average Bonchev–Trinajstić information content (AvgIpc) is 3.48. The number of rotatable bonds is 8. The van der Waals surface area contributed by atoms with E-state index in [4.69, 9.17) is 4.74 Å². The van der Waals surface area contributed by atoms with Crippen LogP contribution in [0.25, 0.3) is 0 Å². The largest absolute Gasteiger partial charge is 0.377 e. The molecule has 0 unspecified atom stereocenters. The number of nitrogens with one attached hydrogen (secondary N) is 2. The molecule has 0 saturated heterocycles. The molecule has 1 aliphatic carbocycles. The van der Waals surface area contributed by atoms with Gasteiger partial charge in [-0.15, -0.1) is 0 Å². The summed E-state index contributed by atoms with van der Waals surface area (Å²) in [7, 11) is 1.77. The summed E-state index contributed by atoms with van der Waals surface area (Å²) in [4.78, 5) is 4.33. The summed E-state index contributed by atoms with van der Waals surface area (Å²) in [5.74, 6) is 0.580. The van der Waals surface area contributed by atoms with Gasteiger partial charge < -0.3 is 15.4 Å². The highest BCUT2D eigenvalue weighted by molar-refractivity contribution is 5.79. The molecule has 1 fully saturated rings. The number of nitrogens with zero attached hydrogens (tertiary/aromatic N) is 1. The van der Waals surface area contributed by atoms with E-state index in [2.05, 4.69) is 27.8 Å². The summed E-state index contributed by atoms with van der Waals surface area (Å²) in [5.41, 5.74) is 3.46. The molecule has 0 amide bonds. The number of hydrogen-bond donors (Lipinski definition) is 2. The normalized spacial score (nSPS) is 15.4. The third kappa shape index (κ3) is 5.07. The molecule has 2 aromatic rings. The van der Waals surface area contributed by atoms with E-state index in [1.165, 1.54) is 17.2 Å². The lowest BCUT2D eigenvalue weighted by Gasteiger charge is -2.19. The molecule has 144 valence electrons. The van der Waals surface area contributed by atoms with Crippen LogP contribution >= 0.6 is 0 Å². The van der Waals surface area contributed by atoms with Crippen molar-refractivity contribution in [1.82, 2.24) is 10.6 Å². The van der Waals surface area contributed by atoms with Gasteiger partial charge in [-0.1, -0.05) is 36.4 Å². The van der Waals surface area contributed by atoms with Gasteiger partial charge in [0, 0.05) is 32.2 Å². The van der Waals surface area contributed by atoms with E-state index < -0.39 is 0 Å². The maximum absolute atomic E-state index is 13.6. The van der Waals surface area contributed by atoms with Crippen LogP contribution in [0.4, 0.5) is 4.39 Å². The molecule has 3 rings (SSSR count). The first kappa shape index (κ1) is 19.4. The van der Waals surface area contributed by atoms with Gasteiger partial charge in [-0.05, 0) is 48.6 Å². The fourth-order valence-electron chi connectivity index (χ4n) is 3.27. The van der Waals surface area contributed by atoms with Crippen LogP contribution in [0, 0.1) is 5.82 Å². The molecule has 0 atom stereocenters. The minimum absolute atomic E-state index is 0.0204. The Kier molecular flexibility index (Phi) is 6.45. The summed E-state index contributed by atoms with van der Waals surface area (Å²) in [6.07, 6.45) is 2.13. The second kappa shape index (κ2) is 9.00. The molecule has 0 heterocycles. The molecular formula is C22H28FN3O. The minimum Gasteiger partial charge on any atom is -0.377 e. The maximum Gasteiger partial charge on any atom is 0.191 e. The van der Waals surface area contributed by atoms with Crippen molar-refractivity contribution in [2.75, 3.05) is 20.2 Å². The van der Waals surface area contributed by atoms with Gasteiger partial charge in [-0.2, -0.15) is 0 Å². The van der Waals surface area contributed by atoms with Crippen LogP contribution in [-0.4, -0.2) is 26.2 Å². The van der Waals surface area contributed by atoms with E-state index in [-0.39, 0.29) is 11.2 Å². The van der Waals surface area contributed by atoms with Crippen molar-refractivity contribution in [3.63, 3.8) is 0 Å². The first-order chi connectivity index (χ1) is 13.2. The first-order valence-electron chi connectivity index (χ1n) is 9.52. The van der Waals surface area contributed by atoms with Gasteiger partial charge in [-0.3, -0.25) is 4.99 Å². The van der Waals surface area contributed by atoms with Gasteiger partial charge in [0.1, 0.15) is 5.82 Å². The Morgan fingerprint density at radius 1 is 1.11 bits per heavy atom. The quantitative estimate of drug-likeness (QED) is 0.550. The highest BCUT2D eigenvalue weighted by Crippen LogP contribution is 2.47. The van der Waals surface area contributed by atoms with Crippen LogP contribution in [0.5, 0.6) is 0 Å². The predicted molar refractivity (Wildman–Crippen MR) is 107 cm³/mol. The first-order valence-corrected chi connectivity index (χ1v) is 9.52. The van der Waals surface area contributed by atoms with Crippen LogP contribution in [0.3, 0.4) is 0 Å². The van der Waals surface area contributed by atoms with Gasteiger partial charge in [-0.25, -0.2) is 4.39 Å². The monoisotopic (exact) mass is 369 g/mol. The Morgan fingerprint density at radius 2 is 1.89 bits per heavy atom. The Bertz CT molecular complexity index is 787. The number of benzene rings is 2. The molecule has 5 heteroatoms. The number of hydrogen-bond acceptors (Lipinski definition) is 2. The van der Waals surface area contributed by atoms with Crippen LogP contribution in [0.2, 0.25) is 0 Å². The molecule has 0 bridgehead atoms. The lowest BCUT2D eigenvalue weighted by atomic mass is 9.96. The number of aliphatic imine (C=N–C) groups is 1. The number of guanidine groups is 1. The third-order valence-corrected chi connectivity index (χ3v) is 5.13. The van der Waals surface area contributed by atoms with Crippen molar-refractivity contribution in [1.29, 1.82) is 0 Å². The van der Waals surface area contributed by atoms with E-state index in [0.717, 1.165) is 30.9 Å². The van der Waals surface area contributed by atoms with Crippen molar-refractivity contribution < 1.29 is 9.13 Å². The summed E-state index contributed by atoms with van der Waals surface area (Å²) < 4.78 is 19.1. The van der Waals surface area contributed by atoms with Gasteiger partial charge in [0.05, 0.1) is 6.61 Å². The zero-order valence-corrected chi connectivity index (χ0v) is 16.1. The van der Waals surface area contributed by atoms with E-state index in [1.807, 2.05) is 25.1 Å². The molecule has 2 aromatic carbocycles. The fraction of sp³-hybridized carbons (Fsp3) is 0.409. The molecule has 1 aliphatic rings. The molecule has 1 saturated carbocycles. The molecule has 4 nitrogen and oxygen atoms in total. The zero-order valence-electron chi connectivity index (χ0n) is 16.1. The van der Waals surface area contributed by atoms with Crippen LogP contribution in [0.1, 0.15) is 36.5 Å². The summed E-state index contributed by atoms with van der Waals surface area (Å²) in [6, 6.07) is 15.2.